The molecule has 0 fully saturated rings. The number of amides is 1. The molecule has 1 heterocycles. The standard InChI is InChI=1S/C13H10F3N3O/c14-13(15,16)11-6-5-10(7-18-11)19-12(20)8-1-3-9(17)4-2-8/h1-7H,17H2,(H,19,20). The topological polar surface area (TPSA) is 68.0 Å². The number of pyridine rings is 1. The summed E-state index contributed by atoms with van der Waals surface area (Å²) >= 11 is 0. The van der Waals surface area contributed by atoms with Gasteiger partial charge in [-0.05, 0) is 36.4 Å². The summed E-state index contributed by atoms with van der Waals surface area (Å²) in [6.45, 7) is 0. The molecule has 2 rings (SSSR count). The first-order valence-corrected chi connectivity index (χ1v) is 5.56. The molecule has 3 N–H and O–H groups in total. The maximum atomic E-state index is 12.3. The minimum atomic E-state index is -4.50. The van der Waals surface area contributed by atoms with Gasteiger partial charge >= 0.3 is 6.18 Å². The number of alkyl halides is 3. The molecule has 0 atom stereocenters. The van der Waals surface area contributed by atoms with Crippen molar-refractivity contribution in [1.29, 1.82) is 0 Å². The van der Waals surface area contributed by atoms with E-state index in [-0.39, 0.29) is 5.69 Å². The molecule has 2 aromatic rings. The van der Waals surface area contributed by atoms with E-state index < -0.39 is 17.8 Å². The molecule has 0 aliphatic heterocycles. The molecule has 0 saturated carbocycles. The Balaban J connectivity index is 2.10. The Kier molecular flexibility index (Phi) is 3.60. The fourth-order valence-electron chi connectivity index (χ4n) is 1.47. The Morgan fingerprint density at radius 2 is 1.75 bits per heavy atom. The van der Waals surface area contributed by atoms with Crippen LogP contribution in [-0.4, -0.2) is 10.9 Å². The van der Waals surface area contributed by atoms with Crippen LogP contribution in [0.1, 0.15) is 16.1 Å². The highest BCUT2D eigenvalue weighted by Gasteiger charge is 2.32. The number of carbonyl (C=O) groups excluding carboxylic acids is 1. The number of hydrogen-bond donors (Lipinski definition) is 2. The number of carbonyl (C=O) groups is 1. The zero-order valence-electron chi connectivity index (χ0n) is 10.1. The van der Waals surface area contributed by atoms with Crippen LogP contribution in [0.25, 0.3) is 0 Å². The van der Waals surface area contributed by atoms with Gasteiger partial charge in [-0.25, -0.2) is 4.98 Å². The number of rotatable bonds is 2. The van der Waals surface area contributed by atoms with Gasteiger partial charge in [0.2, 0.25) is 0 Å². The van der Waals surface area contributed by atoms with Crippen molar-refractivity contribution in [2.75, 3.05) is 11.1 Å². The van der Waals surface area contributed by atoms with Crippen molar-refractivity contribution < 1.29 is 18.0 Å². The molecule has 7 heteroatoms. The van der Waals surface area contributed by atoms with Crippen LogP contribution >= 0.6 is 0 Å². The largest absolute Gasteiger partial charge is 0.433 e. The van der Waals surface area contributed by atoms with Crippen molar-refractivity contribution >= 4 is 17.3 Å². The van der Waals surface area contributed by atoms with E-state index in [4.69, 9.17) is 5.73 Å². The van der Waals surface area contributed by atoms with Gasteiger partial charge in [0.25, 0.3) is 5.91 Å². The number of nitrogens with one attached hydrogen (secondary N) is 1. The molecular weight excluding hydrogens is 271 g/mol. The number of aromatic nitrogens is 1. The number of benzene rings is 1. The summed E-state index contributed by atoms with van der Waals surface area (Å²) in [5.74, 6) is -0.452. The van der Waals surface area contributed by atoms with Gasteiger partial charge in [0.1, 0.15) is 5.69 Å². The van der Waals surface area contributed by atoms with Crippen LogP contribution < -0.4 is 11.1 Å². The lowest BCUT2D eigenvalue weighted by Crippen LogP contribution is -2.13. The SMILES string of the molecule is Nc1ccc(C(=O)Nc2ccc(C(F)(F)F)nc2)cc1. The van der Waals surface area contributed by atoms with E-state index in [1.165, 1.54) is 12.1 Å². The second-order valence-corrected chi connectivity index (χ2v) is 4.01. The minimum absolute atomic E-state index is 0.180. The summed E-state index contributed by atoms with van der Waals surface area (Å²) in [4.78, 5) is 15.1. The van der Waals surface area contributed by atoms with Gasteiger partial charge in [-0.3, -0.25) is 4.79 Å². The fraction of sp³-hybridized carbons (Fsp3) is 0.0769. The van der Waals surface area contributed by atoms with Gasteiger partial charge in [-0.15, -0.1) is 0 Å². The second kappa shape index (κ2) is 5.20. The quantitative estimate of drug-likeness (QED) is 0.832. The van der Waals surface area contributed by atoms with Gasteiger partial charge in [-0.1, -0.05) is 0 Å². The Labute approximate surface area is 112 Å². The molecule has 1 amide bonds. The highest BCUT2D eigenvalue weighted by Crippen LogP contribution is 2.27. The molecule has 0 aliphatic rings. The molecule has 0 spiro atoms. The van der Waals surface area contributed by atoms with Crippen LogP contribution in [0, 0.1) is 0 Å². The number of anilines is 2. The van der Waals surface area contributed by atoms with Crippen molar-refractivity contribution in [1.82, 2.24) is 4.98 Å². The van der Waals surface area contributed by atoms with Gasteiger partial charge in [0.15, 0.2) is 0 Å². The predicted octanol–water partition coefficient (Wildman–Crippen LogP) is 2.93. The molecule has 104 valence electrons. The number of halogens is 3. The zero-order valence-corrected chi connectivity index (χ0v) is 10.1. The van der Waals surface area contributed by atoms with Crippen LogP contribution in [0.2, 0.25) is 0 Å². The average Bonchev–Trinajstić information content (AvgIpc) is 2.39. The fourth-order valence-corrected chi connectivity index (χ4v) is 1.47. The normalized spacial score (nSPS) is 11.2. The van der Waals surface area contributed by atoms with Crippen LogP contribution in [0.3, 0.4) is 0 Å². The maximum Gasteiger partial charge on any atom is 0.433 e. The lowest BCUT2D eigenvalue weighted by Gasteiger charge is -2.08. The molecule has 0 unspecified atom stereocenters. The van der Waals surface area contributed by atoms with Crippen molar-refractivity contribution in [3.05, 3.63) is 53.9 Å². The summed E-state index contributed by atoms with van der Waals surface area (Å²) in [7, 11) is 0. The third-order valence-corrected chi connectivity index (χ3v) is 2.48. The van der Waals surface area contributed by atoms with E-state index in [0.717, 1.165) is 18.3 Å². The molecule has 4 nitrogen and oxygen atoms in total. The van der Waals surface area contributed by atoms with Crippen LogP contribution in [0.4, 0.5) is 24.5 Å². The summed E-state index contributed by atoms with van der Waals surface area (Å²) in [5, 5.41) is 2.45. The monoisotopic (exact) mass is 281 g/mol. The third kappa shape index (κ3) is 3.25. The van der Waals surface area contributed by atoms with Crippen molar-refractivity contribution in [2.24, 2.45) is 0 Å². The molecule has 20 heavy (non-hydrogen) atoms. The van der Waals surface area contributed by atoms with Crippen LogP contribution in [0.15, 0.2) is 42.6 Å². The number of nitrogens with two attached hydrogens (primary N) is 1. The first-order chi connectivity index (χ1) is 9.36. The van der Waals surface area contributed by atoms with Gasteiger partial charge in [0.05, 0.1) is 11.9 Å². The van der Waals surface area contributed by atoms with Crippen LogP contribution in [0.5, 0.6) is 0 Å². The lowest BCUT2D eigenvalue weighted by atomic mass is 10.2. The first kappa shape index (κ1) is 13.9. The van der Waals surface area contributed by atoms with E-state index in [9.17, 15) is 18.0 Å². The van der Waals surface area contributed by atoms with Crippen molar-refractivity contribution in [3.63, 3.8) is 0 Å². The Hall–Kier alpha value is -2.57. The van der Waals surface area contributed by atoms with E-state index >= 15 is 0 Å². The highest BCUT2D eigenvalue weighted by atomic mass is 19.4. The number of nitrogen functional groups attached to an aromatic ring is 1. The molecule has 0 bridgehead atoms. The molecule has 0 saturated heterocycles. The minimum Gasteiger partial charge on any atom is -0.399 e. The van der Waals surface area contributed by atoms with Crippen LogP contribution in [-0.2, 0) is 6.18 Å². The maximum absolute atomic E-state index is 12.3. The summed E-state index contributed by atoms with van der Waals surface area (Å²) in [6, 6.07) is 8.09. The summed E-state index contributed by atoms with van der Waals surface area (Å²) in [5.41, 5.74) is 5.52. The molecular formula is C13H10F3N3O. The first-order valence-electron chi connectivity index (χ1n) is 5.56. The smallest absolute Gasteiger partial charge is 0.399 e. The Morgan fingerprint density at radius 1 is 1.10 bits per heavy atom. The summed E-state index contributed by atoms with van der Waals surface area (Å²) in [6.07, 6.45) is -3.54. The van der Waals surface area contributed by atoms with E-state index in [2.05, 4.69) is 10.3 Å². The molecule has 1 aromatic heterocycles. The van der Waals surface area contributed by atoms with Crippen molar-refractivity contribution in [2.45, 2.75) is 6.18 Å². The van der Waals surface area contributed by atoms with Gasteiger partial charge < -0.3 is 11.1 Å². The summed E-state index contributed by atoms with van der Waals surface area (Å²) < 4.78 is 37.0. The van der Waals surface area contributed by atoms with Crippen molar-refractivity contribution in [3.8, 4) is 0 Å². The number of nitrogens with zero attached hydrogens (tertiary/aromatic N) is 1. The van der Waals surface area contributed by atoms with E-state index in [0.29, 0.717) is 11.3 Å². The Bertz CT molecular complexity index is 606. The van der Waals surface area contributed by atoms with Gasteiger partial charge in [0, 0.05) is 11.3 Å². The highest BCUT2D eigenvalue weighted by molar-refractivity contribution is 6.04. The Morgan fingerprint density at radius 3 is 2.25 bits per heavy atom. The molecule has 0 aliphatic carbocycles. The second-order valence-electron chi connectivity index (χ2n) is 4.01. The lowest BCUT2D eigenvalue weighted by molar-refractivity contribution is -0.141. The number of hydrogen-bond acceptors (Lipinski definition) is 3. The van der Waals surface area contributed by atoms with E-state index in [1.54, 1.807) is 12.1 Å². The average molecular weight is 281 g/mol. The van der Waals surface area contributed by atoms with E-state index in [1.807, 2.05) is 0 Å². The molecule has 0 radical (unpaired) electrons. The predicted molar refractivity (Wildman–Crippen MR) is 68.0 cm³/mol. The third-order valence-electron chi connectivity index (χ3n) is 2.48. The van der Waals surface area contributed by atoms with Gasteiger partial charge in [-0.2, -0.15) is 13.2 Å². The zero-order chi connectivity index (χ0) is 14.8. The molecule has 1 aromatic carbocycles.